The summed E-state index contributed by atoms with van der Waals surface area (Å²) in [6, 6.07) is 14.5. The number of ether oxygens (including phenoxy) is 2. The zero-order chi connectivity index (χ0) is 21.7. The second kappa shape index (κ2) is 9.67. The summed E-state index contributed by atoms with van der Waals surface area (Å²) in [7, 11) is -3.64. The normalized spacial score (nSPS) is 17.7. The summed E-state index contributed by atoms with van der Waals surface area (Å²) in [5, 5.41) is 2.91. The average molecular weight is 446 g/mol. The average Bonchev–Trinajstić information content (AvgIpc) is 3.04. The highest BCUT2D eigenvalue weighted by atomic mass is 32.2. The minimum atomic E-state index is -3.64. The maximum Gasteiger partial charge on any atom is 0.243 e. The van der Waals surface area contributed by atoms with Crippen LogP contribution in [0.2, 0.25) is 0 Å². The standard InChI is InChI=1S/C22H27N3O5S/c26-22(23-16-18-5-2-1-3-6-18)17-24-9-11-25(12-10-24)31(27,28)19-7-8-20-21(15-19)30-14-4-13-29-20/h1-3,5-8,15H,4,9-14,16-17H2,(H,23,26). The molecule has 2 aromatic carbocycles. The molecule has 0 unspecified atom stereocenters. The smallest absolute Gasteiger partial charge is 0.243 e. The molecule has 1 saturated heterocycles. The van der Waals surface area contributed by atoms with Crippen LogP contribution in [-0.4, -0.2) is 69.5 Å². The number of nitrogens with zero attached hydrogens (tertiary/aromatic N) is 2. The van der Waals surface area contributed by atoms with E-state index in [4.69, 9.17) is 9.47 Å². The van der Waals surface area contributed by atoms with E-state index in [1.54, 1.807) is 18.2 Å². The number of sulfonamides is 1. The molecule has 2 aliphatic rings. The van der Waals surface area contributed by atoms with Crippen molar-refractivity contribution >= 4 is 15.9 Å². The van der Waals surface area contributed by atoms with E-state index >= 15 is 0 Å². The zero-order valence-electron chi connectivity index (χ0n) is 17.3. The molecule has 0 aliphatic carbocycles. The maximum absolute atomic E-state index is 13.1. The second-order valence-electron chi connectivity index (χ2n) is 7.60. The summed E-state index contributed by atoms with van der Waals surface area (Å²) < 4.78 is 38.8. The summed E-state index contributed by atoms with van der Waals surface area (Å²) >= 11 is 0. The van der Waals surface area contributed by atoms with Gasteiger partial charge in [0.2, 0.25) is 15.9 Å². The summed E-state index contributed by atoms with van der Waals surface area (Å²) in [5.41, 5.74) is 1.04. The van der Waals surface area contributed by atoms with Crippen molar-refractivity contribution in [2.24, 2.45) is 0 Å². The largest absolute Gasteiger partial charge is 0.490 e. The fourth-order valence-electron chi connectivity index (χ4n) is 3.64. The SMILES string of the molecule is O=C(CN1CCN(S(=O)(=O)c2ccc3c(c2)OCCCO3)CC1)NCc1ccccc1. The van der Waals surface area contributed by atoms with Gasteiger partial charge in [-0.05, 0) is 17.7 Å². The van der Waals surface area contributed by atoms with Crippen LogP contribution in [0.15, 0.2) is 53.4 Å². The Kier molecular flexibility index (Phi) is 6.74. The number of hydrogen-bond acceptors (Lipinski definition) is 6. The van der Waals surface area contributed by atoms with Crippen LogP contribution < -0.4 is 14.8 Å². The molecule has 0 spiro atoms. The van der Waals surface area contributed by atoms with E-state index in [0.29, 0.717) is 57.4 Å². The van der Waals surface area contributed by atoms with Crippen molar-refractivity contribution in [3.05, 3.63) is 54.1 Å². The van der Waals surface area contributed by atoms with Gasteiger partial charge in [0, 0.05) is 45.2 Å². The summed E-state index contributed by atoms with van der Waals surface area (Å²) in [6.07, 6.45) is 0.762. The van der Waals surface area contributed by atoms with Crippen LogP contribution >= 0.6 is 0 Å². The van der Waals surface area contributed by atoms with Crippen LogP contribution in [0.1, 0.15) is 12.0 Å². The van der Waals surface area contributed by atoms with E-state index in [9.17, 15) is 13.2 Å². The first kappa shape index (κ1) is 21.6. The Morgan fingerprint density at radius 2 is 1.65 bits per heavy atom. The Hall–Kier alpha value is -2.62. The highest BCUT2D eigenvalue weighted by molar-refractivity contribution is 7.89. The molecule has 9 heteroatoms. The van der Waals surface area contributed by atoms with Gasteiger partial charge >= 0.3 is 0 Å². The van der Waals surface area contributed by atoms with Crippen LogP contribution in [0.25, 0.3) is 0 Å². The maximum atomic E-state index is 13.1. The number of hydrogen-bond donors (Lipinski definition) is 1. The molecule has 1 N–H and O–H groups in total. The Labute approximate surface area is 182 Å². The second-order valence-corrected chi connectivity index (χ2v) is 9.54. The number of rotatable bonds is 6. The lowest BCUT2D eigenvalue weighted by Gasteiger charge is -2.33. The quantitative estimate of drug-likeness (QED) is 0.725. The molecule has 166 valence electrons. The third-order valence-corrected chi connectivity index (χ3v) is 7.28. The van der Waals surface area contributed by atoms with Crippen molar-refractivity contribution in [2.45, 2.75) is 17.9 Å². The molecule has 2 aliphatic heterocycles. The molecule has 0 radical (unpaired) electrons. The molecular weight excluding hydrogens is 418 g/mol. The highest BCUT2D eigenvalue weighted by Crippen LogP contribution is 2.33. The molecule has 1 amide bonds. The minimum Gasteiger partial charge on any atom is -0.490 e. The van der Waals surface area contributed by atoms with Gasteiger partial charge in [-0.15, -0.1) is 0 Å². The monoisotopic (exact) mass is 445 g/mol. The number of benzene rings is 2. The Bertz CT molecular complexity index is 1010. The van der Waals surface area contributed by atoms with E-state index in [-0.39, 0.29) is 17.3 Å². The molecule has 4 rings (SSSR count). The molecule has 0 bridgehead atoms. The van der Waals surface area contributed by atoms with Crippen molar-refractivity contribution in [1.82, 2.24) is 14.5 Å². The van der Waals surface area contributed by atoms with Crippen LogP contribution in [-0.2, 0) is 21.4 Å². The van der Waals surface area contributed by atoms with Crippen LogP contribution in [0.5, 0.6) is 11.5 Å². The zero-order valence-corrected chi connectivity index (χ0v) is 18.1. The fraction of sp³-hybridized carbons (Fsp3) is 0.409. The molecular formula is C22H27N3O5S. The number of fused-ring (bicyclic) bond motifs is 1. The van der Waals surface area contributed by atoms with Crippen molar-refractivity contribution in [1.29, 1.82) is 0 Å². The van der Waals surface area contributed by atoms with Gasteiger partial charge in [0.15, 0.2) is 11.5 Å². The number of carbonyl (C=O) groups excluding carboxylic acids is 1. The van der Waals surface area contributed by atoms with Crippen LogP contribution in [0.4, 0.5) is 0 Å². The molecule has 8 nitrogen and oxygen atoms in total. The lowest BCUT2D eigenvalue weighted by atomic mass is 10.2. The minimum absolute atomic E-state index is 0.0666. The third kappa shape index (κ3) is 5.36. The van der Waals surface area contributed by atoms with Crippen molar-refractivity contribution in [3.63, 3.8) is 0 Å². The summed E-state index contributed by atoms with van der Waals surface area (Å²) in [5.74, 6) is 0.971. The van der Waals surface area contributed by atoms with Gasteiger partial charge in [-0.25, -0.2) is 8.42 Å². The van der Waals surface area contributed by atoms with E-state index in [1.165, 1.54) is 4.31 Å². The number of carbonyl (C=O) groups is 1. The topological polar surface area (TPSA) is 88.2 Å². The van der Waals surface area contributed by atoms with Gasteiger partial charge in [-0.1, -0.05) is 30.3 Å². The molecule has 2 heterocycles. The first-order valence-electron chi connectivity index (χ1n) is 10.5. The van der Waals surface area contributed by atoms with Gasteiger partial charge in [-0.2, -0.15) is 4.31 Å². The molecule has 0 saturated carbocycles. The number of amides is 1. The van der Waals surface area contributed by atoms with Crippen molar-refractivity contribution in [2.75, 3.05) is 45.9 Å². The van der Waals surface area contributed by atoms with E-state index in [2.05, 4.69) is 5.32 Å². The Morgan fingerprint density at radius 3 is 2.39 bits per heavy atom. The predicted molar refractivity (Wildman–Crippen MR) is 116 cm³/mol. The van der Waals surface area contributed by atoms with Gasteiger partial charge < -0.3 is 14.8 Å². The van der Waals surface area contributed by atoms with E-state index in [0.717, 1.165) is 12.0 Å². The van der Waals surface area contributed by atoms with Crippen molar-refractivity contribution < 1.29 is 22.7 Å². The number of piperazine rings is 1. The first-order valence-corrected chi connectivity index (χ1v) is 11.9. The highest BCUT2D eigenvalue weighted by Gasteiger charge is 2.30. The van der Waals surface area contributed by atoms with Gasteiger partial charge in [0.05, 0.1) is 24.7 Å². The summed E-state index contributed by atoms with van der Waals surface area (Å²) in [4.78, 5) is 14.4. The van der Waals surface area contributed by atoms with E-state index in [1.807, 2.05) is 35.2 Å². The van der Waals surface area contributed by atoms with Gasteiger partial charge in [-0.3, -0.25) is 9.69 Å². The third-order valence-electron chi connectivity index (χ3n) is 5.39. The lowest BCUT2D eigenvalue weighted by molar-refractivity contribution is -0.122. The Balaban J connectivity index is 1.30. The predicted octanol–water partition coefficient (Wildman–Crippen LogP) is 1.47. The first-order chi connectivity index (χ1) is 15.0. The Morgan fingerprint density at radius 1 is 0.935 bits per heavy atom. The summed E-state index contributed by atoms with van der Waals surface area (Å²) in [6.45, 7) is 3.47. The fourth-order valence-corrected chi connectivity index (χ4v) is 5.07. The molecule has 2 aromatic rings. The van der Waals surface area contributed by atoms with Gasteiger partial charge in [0.1, 0.15) is 0 Å². The molecule has 0 atom stereocenters. The lowest BCUT2D eigenvalue weighted by Crippen LogP contribution is -2.50. The van der Waals surface area contributed by atoms with Gasteiger partial charge in [0.25, 0.3) is 0 Å². The molecule has 31 heavy (non-hydrogen) atoms. The van der Waals surface area contributed by atoms with E-state index < -0.39 is 10.0 Å². The molecule has 0 aromatic heterocycles. The van der Waals surface area contributed by atoms with Crippen LogP contribution in [0, 0.1) is 0 Å². The number of nitrogens with one attached hydrogen (secondary N) is 1. The van der Waals surface area contributed by atoms with Crippen LogP contribution in [0.3, 0.4) is 0 Å². The molecule has 1 fully saturated rings. The van der Waals surface area contributed by atoms with Crippen molar-refractivity contribution in [3.8, 4) is 11.5 Å².